The Labute approximate surface area is 171 Å². The summed E-state index contributed by atoms with van der Waals surface area (Å²) in [5, 5.41) is 13.3. The van der Waals surface area contributed by atoms with Gasteiger partial charge in [0.15, 0.2) is 0 Å². The Balaban J connectivity index is 1.86. The first kappa shape index (κ1) is 20.6. The van der Waals surface area contributed by atoms with E-state index in [-0.39, 0.29) is 0 Å². The van der Waals surface area contributed by atoms with Crippen molar-refractivity contribution in [3.63, 3.8) is 0 Å². The van der Waals surface area contributed by atoms with Crippen LogP contribution >= 0.6 is 0 Å². The number of imidazole rings is 1. The van der Waals surface area contributed by atoms with E-state index in [2.05, 4.69) is 25.3 Å². The van der Waals surface area contributed by atoms with Crippen molar-refractivity contribution in [3.8, 4) is 17.1 Å². The number of hydrogen-bond donors (Lipinski definition) is 3. The van der Waals surface area contributed by atoms with Crippen LogP contribution < -0.4 is 15.0 Å². The number of benzene rings is 1. The molecule has 0 unspecified atom stereocenters. The van der Waals surface area contributed by atoms with E-state index in [1.54, 1.807) is 27.2 Å². The zero-order valence-corrected chi connectivity index (χ0v) is 17.7. The van der Waals surface area contributed by atoms with E-state index < -0.39 is 5.60 Å². The molecule has 2 heterocycles. The molecule has 2 aromatic heterocycles. The summed E-state index contributed by atoms with van der Waals surface area (Å²) in [4.78, 5) is 18.6. The summed E-state index contributed by atoms with van der Waals surface area (Å²) in [5.74, 6) is 2.66. The van der Waals surface area contributed by atoms with Crippen molar-refractivity contribution >= 4 is 17.5 Å². The molecule has 0 atom stereocenters. The molecule has 0 aliphatic heterocycles. The number of nitrogens with one attached hydrogen (secondary N) is 2. The second-order valence-electron chi connectivity index (χ2n) is 7.81. The summed E-state index contributed by atoms with van der Waals surface area (Å²) in [5.41, 5.74) is 2.67. The van der Waals surface area contributed by atoms with Gasteiger partial charge in [-0.1, -0.05) is 0 Å². The lowest BCUT2D eigenvalue weighted by Crippen LogP contribution is -2.36. The maximum Gasteiger partial charge on any atom is 0.229 e. The fourth-order valence-corrected chi connectivity index (χ4v) is 3.11. The average molecular weight is 396 g/mol. The molecule has 0 aliphatic carbocycles. The number of hydrogen-bond acceptors (Lipinski definition) is 7. The summed E-state index contributed by atoms with van der Waals surface area (Å²) in [6.45, 7) is 7.86. The highest BCUT2D eigenvalue weighted by atomic mass is 16.5. The third-order valence-electron chi connectivity index (χ3n) is 4.27. The highest BCUT2D eigenvalue weighted by Gasteiger charge is 2.18. The van der Waals surface area contributed by atoms with Crippen LogP contribution in [0.25, 0.3) is 11.4 Å². The number of aromatic nitrogens is 4. The molecule has 3 N–H and O–H groups in total. The fraction of sp³-hybridized carbons (Fsp3) is 0.381. The minimum Gasteiger partial charge on any atom is -0.496 e. The van der Waals surface area contributed by atoms with E-state index >= 15 is 0 Å². The number of anilines is 3. The van der Waals surface area contributed by atoms with Crippen LogP contribution in [-0.4, -0.2) is 51.3 Å². The number of aryl methyl sites for hydroxylation is 2. The van der Waals surface area contributed by atoms with Crippen molar-refractivity contribution in [1.29, 1.82) is 0 Å². The average Bonchev–Trinajstić information content (AvgIpc) is 3.06. The Morgan fingerprint density at radius 3 is 2.59 bits per heavy atom. The zero-order valence-electron chi connectivity index (χ0n) is 17.7. The number of aliphatic hydroxyl groups is 1. The van der Waals surface area contributed by atoms with E-state index in [1.165, 1.54) is 0 Å². The monoisotopic (exact) mass is 396 g/mol. The molecular formula is C21H28N6O2. The van der Waals surface area contributed by atoms with Gasteiger partial charge in [-0.05, 0) is 39.8 Å². The maximum atomic E-state index is 10.1. The van der Waals surface area contributed by atoms with Gasteiger partial charge in [0.2, 0.25) is 5.95 Å². The zero-order chi connectivity index (χ0) is 21.2. The van der Waals surface area contributed by atoms with Crippen molar-refractivity contribution in [3.05, 3.63) is 41.9 Å². The van der Waals surface area contributed by atoms with Crippen LogP contribution in [0.15, 0.2) is 30.5 Å². The molecule has 0 bridgehead atoms. The molecule has 0 amide bonds. The lowest BCUT2D eigenvalue weighted by molar-refractivity contribution is 0.0884. The Hall–Kier alpha value is -3.13. The number of H-pyrrole nitrogens is 1. The SMILES string of the molecule is COc1cc(Nc2nc(C)cc(N(C)CC(C)(C)O)n2)ccc1-c1ncc(C)[nH]1. The number of nitrogens with zero attached hydrogens (tertiary/aromatic N) is 4. The normalized spacial score (nSPS) is 11.4. The molecule has 29 heavy (non-hydrogen) atoms. The smallest absolute Gasteiger partial charge is 0.229 e. The maximum absolute atomic E-state index is 10.1. The topological polar surface area (TPSA) is 99.2 Å². The summed E-state index contributed by atoms with van der Waals surface area (Å²) in [6.07, 6.45) is 1.78. The van der Waals surface area contributed by atoms with Gasteiger partial charge >= 0.3 is 0 Å². The first-order valence-corrected chi connectivity index (χ1v) is 9.41. The Bertz CT molecular complexity index is 993. The molecule has 0 fully saturated rings. The molecule has 3 aromatic rings. The van der Waals surface area contributed by atoms with Crippen LogP contribution in [0.3, 0.4) is 0 Å². The number of likely N-dealkylation sites (N-methyl/N-ethyl adjacent to an activating group) is 1. The van der Waals surface area contributed by atoms with Gasteiger partial charge in [-0.2, -0.15) is 4.98 Å². The van der Waals surface area contributed by atoms with E-state index in [1.807, 2.05) is 50.1 Å². The van der Waals surface area contributed by atoms with Gasteiger partial charge < -0.3 is 25.0 Å². The predicted octanol–water partition coefficient (Wildman–Crippen LogP) is 3.44. The van der Waals surface area contributed by atoms with Crippen molar-refractivity contribution in [2.24, 2.45) is 0 Å². The number of aromatic amines is 1. The molecular weight excluding hydrogens is 368 g/mol. The van der Waals surface area contributed by atoms with Crippen LogP contribution in [0.2, 0.25) is 0 Å². The van der Waals surface area contributed by atoms with E-state index in [0.29, 0.717) is 18.2 Å². The predicted molar refractivity (Wildman–Crippen MR) is 115 cm³/mol. The number of ether oxygens (including phenoxy) is 1. The minimum atomic E-state index is -0.825. The highest BCUT2D eigenvalue weighted by molar-refractivity contribution is 5.70. The summed E-state index contributed by atoms with van der Waals surface area (Å²) in [6, 6.07) is 7.65. The first-order valence-electron chi connectivity index (χ1n) is 9.41. The first-order chi connectivity index (χ1) is 13.6. The standard InChI is InChI=1S/C21H28N6O2/c1-13-9-18(27(5)12-21(3,4)28)26-20(24-13)25-15-7-8-16(17(10-15)29-6)19-22-11-14(2)23-19/h7-11,28H,12H2,1-6H3,(H,22,23)(H,24,25,26). The molecule has 1 aromatic carbocycles. The molecule has 0 radical (unpaired) electrons. The quantitative estimate of drug-likeness (QED) is 0.562. The van der Waals surface area contributed by atoms with E-state index in [4.69, 9.17) is 4.74 Å². The molecule has 0 spiro atoms. The Morgan fingerprint density at radius 2 is 1.97 bits per heavy atom. The molecule has 8 nitrogen and oxygen atoms in total. The fourth-order valence-electron chi connectivity index (χ4n) is 3.11. The highest BCUT2D eigenvalue weighted by Crippen LogP contribution is 2.31. The third kappa shape index (κ3) is 5.23. The molecule has 8 heteroatoms. The molecule has 154 valence electrons. The van der Waals surface area contributed by atoms with Crippen LogP contribution in [0.5, 0.6) is 5.75 Å². The minimum absolute atomic E-state index is 0.452. The Morgan fingerprint density at radius 1 is 1.21 bits per heavy atom. The second-order valence-corrected chi connectivity index (χ2v) is 7.81. The van der Waals surface area contributed by atoms with Gasteiger partial charge in [-0.3, -0.25) is 0 Å². The number of methoxy groups -OCH3 is 1. The van der Waals surface area contributed by atoms with Crippen LogP contribution in [0.1, 0.15) is 25.2 Å². The lowest BCUT2D eigenvalue weighted by atomic mass is 10.1. The van der Waals surface area contributed by atoms with Gasteiger partial charge in [-0.15, -0.1) is 0 Å². The van der Waals surface area contributed by atoms with Crippen molar-refractivity contribution in [1.82, 2.24) is 19.9 Å². The van der Waals surface area contributed by atoms with Crippen molar-refractivity contribution in [2.45, 2.75) is 33.3 Å². The van der Waals surface area contributed by atoms with Crippen molar-refractivity contribution < 1.29 is 9.84 Å². The van der Waals surface area contributed by atoms with Gasteiger partial charge in [-0.25, -0.2) is 9.97 Å². The molecule has 0 saturated heterocycles. The van der Waals surface area contributed by atoms with E-state index in [9.17, 15) is 5.11 Å². The van der Waals surface area contributed by atoms with Crippen LogP contribution in [0, 0.1) is 13.8 Å². The molecule has 3 rings (SSSR count). The van der Waals surface area contributed by atoms with Gasteiger partial charge in [0.25, 0.3) is 0 Å². The molecule has 0 saturated carbocycles. The molecule has 0 aliphatic rings. The number of rotatable bonds is 7. The van der Waals surface area contributed by atoms with Gasteiger partial charge in [0.1, 0.15) is 17.4 Å². The second kappa shape index (κ2) is 8.08. The third-order valence-corrected chi connectivity index (χ3v) is 4.27. The van der Waals surface area contributed by atoms with Crippen molar-refractivity contribution in [2.75, 3.05) is 30.9 Å². The van der Waals surface area contributed by atoms with Crippen LogP contribution in [-0.2, 0) is 0 Å². The van der Waals surface area contributed by atoms with Crippen LogP contribution in [0.4, 0.5) is 17.5 Å². The summed E-state index contributed by atoms with van der Waals surface area (Å²) < 4.78 is 5.55. The lowest BCUT2D eigenvalue weighted by Gasteiger charge is -2.26. The van der Waals surface area contributed by atoms with E-state index in [0.717, 1.165) is 34.3 Å². The largest absolute Gasteiger partial charge is 0.496 e. The summed E-state index contributed by atoms with van der Waals surface area (Å²) in [7, 11) is 3.53. The van der Waals surface area contributed by atoms with Gasteiger partial charge in [0, 0.05) is 49.0 Å². The Kier molecular flexibility index (Phi) is 5.74. The van der Waals surface area contributed by atoms with Gasteiger partial charge in [0.05, 0.1) is 18.3 Å². The summed E-state index contributed by atoms with van der Waals surface area (Å²) >= 11 is 0.